The second-order valence-electron chi connectivity index (χ2n) is 6.21. The van der Waals surface area contributed by atoms with E-state index in [4.69, 9.17) is 15.2 Å². The molecule has 10 heteroatoms. The average Bonchev–Trinajstić information content (AvgIpc) is 2.70. The molecule has 10 nitrogen and oxygen atoms in total. The molecule has 30 heavy (non-hydrogen) atoms. The number of hydrogen-bond donors (Lipinski definition) is 4. The molecule has 0 saturated heterocycles. The highest BCUT2D eigenvalue weighted by Crippen LogP contribution is 2.01. The van der Waals surface area contributed by atoms with Gasteiger partial charge in [0.2, 0.25) is 11.8 Å². The fraction of sp³-hybridized carbons (Fsp3) is 0.400. The van der Waals surface area contributed by atoms with Crippen LogP contribution in [-0.2, 0) is 30.5 Å². The van der Waals surface area contributed by atoms with E-state index in [0.29, 0.717) is 0 Å². The number of aliphatic hydroxyl groups is 1. The van der Waals surface area contributed by atoms with Crippen LogP contribution in [0.1, 0.15) is 25.3 Å². The second-order valence-corrected chi connectivity index (χ2v) is 6.21. The number of nitrogens with two attached hydrogens (primary N) is 1. The summed E-state index contributed by atoms with van der Waals surface area (Å²) in [6.07, 6.45) is 0.167. The molecule has 0 aliphatic rings. The maximum atomic E-state index is 12.0. The molecule has 0 saturated carbocycles. The van der Waals surface area contributed by atoms with Crippen LogP contribution in [0.3, 0.4) is 0 Å². The average molecular weight is 421 g/mol. The van der Waals surface area contributed by atoms with Crippen LogP contribution in [-0.4, -0.2) is 54.3 Å². The molecular formula is C20H27N3O7. The molecule has 3 amide bonds. The fourth-order valence-electron chi connectivity index (χ4n) is 2.25. The van der Waals surface area contributed by atoms with Crippen LogP contribution in [0.2, 0.25) is 0 Å². The summed E-state index contributed by atoms with van der Waals surface area (Å²) in [5, 5.41) is 14.6. The van der Waals surface area contributed by atoms with E-state index in [2.05, 4.69) is 10.6 Å². The SMILES string of the molecule is CCOC(=O)/C=C/C[C@@H](NC(=O)C[C@H](O)CNC(=O)OCc1ccccc1)C(N)=O. The number of hydrogen-bond acceptors (Lipinski definition) is 7. The Morgan fingerprint density at radius 1 is 1.17 bits per heavy atom. The molecule has 0 radical (unpaired) electrons. The third kappa shape index (κ3) is 10.8. The molecular weight excluding hydrogens is 394 g/mol. The maximum Gasteiger partial charge on any atom is 0.407 e. The van der Waals surface area contributed by atoms with Gasteiger partial charge in [-0.3, -0.25) is 9.59 Å². The first-order chi connectivity index (χ1) is 14.3. The predicted octanol–water partition coefficient (Wildman–Crippen LogP) is 0.143. The van der Waals surface area contributed by atoms with Gasteiger partial charge in [-0.1, -0.05) is 36.4 Å². The van der Waals surface area contributed by atoms with Crippen LogP contribution in [0.5, 0.6) is 0 Å². The summed E-state index contributed by atoms with van der Waals surface area (Å²) in [6.45, 7) is 1.72. The van der Waals surface area contributed by atoms with E-state index in [1.807, 2.05) is 18.2 Å². The number of carbonyl (C=O) groups is 4. The number of ether oxygens (including phenoxy) is 2. The Hall–Kier alpha value is -3.40. The van der Waals surface area contributed by atoms with Gasteiger partial charge in [-0.25, -0.2) is 9.59 Å². The number of carbonyl (C=O) groups excluding carboxylic acids is 4. The number of rotatable bonds is 12. The monoisotopic (exact) mass is 421 g/mol. The molecule has 0 aliphatic heterocycles. The molecule has 0 aliphatic carbocycles. The van der Waals surface area contributed by atoms with Gasteiger partial charge in [-0.05, 0) is 18.9 Å². The van der Waals surface area contributed by atoms with Gasteiger partial charge in [0.15, 0.2) is 0 Å². The molecule has 5 N–H and O–H groups in total. The Morgan fingerprint density at radius 3 is 2.50 bits per heavy atom. The first-order valence-electron chi connectivity index (χ1n) is 9.36. The summed E-state index contributed by atoms with van der Waals surface area (Å²) in [6, 6.07) is 7.99. The Kier molecular flexibility index (Phi) is 11.3. The summed E-state index contributed by atoms with van der Waals surface area (Å²) in [4.78, 5) is 46.3. The molecule has 0 heterocycles. The predicted molar refractivity (Wildman–Crippen MR) is 107 cm³/mol. The van der Waals surface area contributed by atoms with Crippen molar-refractivity contribution in [3.05, 3.63) is 48.0 Å². The molecule has 0 unspecified atom stereocenters. The quantitative estimate of drug-likeness (QED) is 0.276. The highest BCUT2D eigenvalue weighted by molar-refractivity contribution is 5.87. The topological polar surface area (TPSA) is 157 Å². The minimum atomic E-state index is -1.20. The zero-order chi connectivity index (χ0) is 22.4. The van der Waals surface area contributed by atoms with Gasteiger partial charge in [0, 0.05) is 12.6 Å². The van der Waals surface area contributed by atoms with Crippen molar-refractivity contribution in [2.45, 2.75) is 38.5 Å². The van der Waals surface area contributed by atoms with E-state index >= 15 is 0 Å². The first kappa shape index (κ1) is 24.6. The zero-order valence-electron chi connectivity index (χ0n) is 16.7. The van der Waals surface area contributed by atoms with Crippen molar-refractivity contribution in [3.8, 4) is 0 Å². The van der Waals surface area contributed by atoms with Crippen molar-refractivity contribution < 1.29 is 33.8 Å². The fourth-order valence-corrected chi connectivity index (χ4v) is 2.25. The second kappa shape index (κ2) is 13.7. The van der Waals surface area contributed by atoms with E-state index in [1.165, 1.54) is 6.08 Å². The lowest BCUT2D eigenvalue weighted by molar-refractivity contribution is -0.137. The number of benzene rings is 1. The molecule has 0 bridgehead atoms. The third-order valence-corrected chi connectivity index (χ3v) is 3.71. The Bertz CT molecular complexity index is 737. The van der Waals surface area contributed by atoms with Gasteiger partial charge in [-0.15, -0.1) is 0 Å². The molecule has 0 fully saturated rings. The normalized spacial score (nSPS) is 12.6. The van der Waals surface area contributed by atoms with Crippen LogP contribution in [0, 0.1) is 0 Å². The number of primary amides is 1. The lowest BCUT2D eigenvalue weighted by Crippen LogP contribution is -2.45. The van der Waals surface area contributed by atoms with Crippen LogP contribution < -0.4 is 16.4 Å². The van der Waals surface area contributed by atoms with Crippen molar-refractivity contribution in [2.75, 3.05) is 13.2 Å². The Labute approximate surface area is 174 Å². The van der Waals surface area contributed by atoms with E-state index < -0.39 is 36.0 Å². The van der Waals surface area contributed by atoms with Crippen molar-refractivity contribution in [1.82, 2.24) is 10.6 Å². The molecule has 1 rings (SSSR count). The molecule has 2 atom stereocenters. The van der Waals surface area contributed by atoms with Gasteiger partial charge in [0.05, 0.1) is 19.1 Å². The van der Waals surface area contributed by atoms with Gasteiger partial charge < -0.3 is 30.9 Å². The van der Waals surface area contributed by atoms with Crippen molar-refractivity contribution >= 4 is 23.9 Å². The lowest BCUT2D eigenvalue weighted by Gasteiger charge is -2.16. The first-order valence-corrected chi connectivity index (χ1v) is 9.36. The van der Waals surface area contributed by atoms with Gasteiger partial charge in [0.25, 0.3) is 0 Å². The zero-order valence-corrected chi connectivity index (χ0v) is 16.7. The standard InChI is InChI=1S/C20H27N3O7/c1-2-29-18(26)10-6-9-16(19(21)27)23-17(25)11-15(24)12-22-20(28)30-13-14-7-4-3-5-8-14/h3-8,10,15-16,24H,2,9,11-13H2,1H3,(H2,21,27)(H,22,28)(H,23,25)/b10-6+/t15-,16+/m0/s1. The summed E-state index contributed by atoms with van der Waals surface area (Å²) < 4.78 is 9.69. The van der Waals surface area contributed by atoms with E-state index in [0.717, 1.165) is 11.6 Å². The maximum absolute atomic E-state index is 12.0. The summed E-state index contributed by atoms with van der Waals surface area (Å²) >= 11 is 0. The van der Waals surface area contributed by atoms with Gasteiger partial charge in [-0.2, -0.15) is 0 Å². The highest BCUT2D eigenvalue weighted by Gasteiger charge is 2.19. The highest BCUT2D eigenvalue weighted by atomic mass is 16.5. The smallest absolute Gasteiger partial charge is 0.407 e. The molecule has 164 valence electrons. The molecule has 1 aromatic rings. The minimum absolute atomic E-state index is 0.0138. The van der Waals surface area contributed by atoms with Crippen LogP contribution in [0.15, 0.2) is 42.5 Å². The van der Waals surface area contributed by atoms with Crippen molar-refractivity contribution in [2.24, 2.45) is 5.73 Å². The van der Waals surface area contributed by atoms with Crippen molar-refractivity contribution in [1.29, 1.82) is 0 Å². The molecule has 0 spiro atoms. The molecule has 1 aromatic carbocycles. The lowest BCUT2D eigenvalue weighted by atomic mass is 10.1. The summed E-state index contributed by atoms with van der Waals surface area (Å²) in [7, 11) is 0. The summed E-state index contributed by atoms with van der Waals surface area (Å²) in [5.41, 5.74) is 6.04. The van der Waals surface area contributed by atoms with E-state index in [-0.39, 0.29) is 32.6 Å². The van der Waals surface area contributed by atoms with Crippen molar-refractivity contribution in [3.63, 3.8) is 0 Å². The van der Waals surface area contributed by atoms with Crippen LogP contribution in [0.4, 0.5) is 4.79 Å². The van der Waals surface area contributed by atoms with E-state index in [9.17, 15) is 24.3 Å². The summed E-state index contributed by atoms with van der Waals surface area (Å²) in [5.74, 6) is -2.02. The largest absolute Gasteiger partial charge is 0.463 e. The number of nitrogens with one attached hydrogen (secondary N) is 2. The Morgan fingerprint density at radius 2 is 1.87 bits per heavy atom. The van der Waals surface area contributed by atoms with Crippen LogP contribution >= 0.6 is 0 Å². The van der Waals surface area contributed by atoms with Gasteiger partial charge >= 0.3 is 12.1 Å². The number of esters is 1. The number of alkyl carbamates (subject to hydrolysis) is 1. The van der Waals surface area contributed by atoms with Gasteiger partial charge in [0.1, 0.15) is 12.6 Å². The minimum Gasteiger partial charge on any atom is -0.463 e. The van der Waals surface area contributed by atoms with Crippen LogP contribution in [0.25, 0.3) is 0 Å². The molecule has 0 aromatic heterocycles. The van der Waals surface area contributed by atoms with E-state index in [1.54, 1.807) is 19.1 Å². The Balaban J connectivity index is 2.34. The third-order valence-electron chi connectivity index (χ3n) is 3.71. The number of amides is 3. The number of aliphatic hydroxyl groups excluding tert-OH is 1.